The highest BCUT2D eigenvalue weighted by Gasteiger charge is 2.41. The van der Waals surface area contributed by atoms with E-state index in [2.05, 4.69) is 51.8 Å². The van der Waals surface area contributed by atoms with Crippen molar-refractivity contribution in [2.45, 2.75) is 25.9 Å². The molecule has 1 N–H and O–H groups in total. The van der Waals surface area contributed by atoms with Crippen molar-refractivity contribution in [1.82, 2.24) is 10.3 Å². The molecule has 0 radical (unpaired) electrons. The summed E-state index contributed by atoms with van der Waals surface area (Å²) in [7, 11) is 0. The summed E-state index contributed by atoms with van der Waals surface area (Å²) in [6.07, 6.45) is 1.83. The minimum Gasteiger partial charge on any atom is -0.494 e. The molecule has 2 unspecified atom stereocenters. The van der Waals surface area contributed by atoms with Crippen molar-refractivity contribution in [1.29, 1.82) is 0 Å². The molecular formula is C21H21N3OS2. The summed E-state index contributed by atoms with van der Waals surface area (Å²) < 4.78 is 5.58. The second kappa shape index (κ2) is 7.66. The molecule has 3 heterocycles. The first-order valence-electron chi connectivity index (χ1n) is 8.96. The fourth-order valence-corrected chi connectivity index (χ4v) is 4.86. The molecule has 0 aliphatic carbocycles. The first kappa shape index (κ1) is 17.9. The van der Waals surface area contributed by atoms with E-state index in [-0.39, 0.29) is 12.1 Å². The molecule has 2 atom stereocenters. The van der Waals surface area contributed by atoms with Gasteiger partial charge in [-0.05, 0) is 79.5 Å². The minimum absolute atomic E-state index is 0.00242. The standard InChI is InChI=1S/C21H21N3OS2/c1-3-25-16-9-7-15(8-10-16)24-19(20-14(2)11-13-27-20)18(23-21(24)26)17-6-4-5-12-22-17/h4-13,18-19H,3H2,1-2H3,(H,23,26). The summed E-state index contributed by atoms with van der Waals surface area (Å²) >= 11 is 7.50. The van der Waals surface area contributed by atoms with E-state index in [4.69, 9.17) is 17.0 Å². The van der Waals surface area contributed by atoms with Crippen LogP contribution in [0.25, 0.3) is 0 Å². The molecule has 1 aliphatic rings. The average Bonchev–Trinajstić information content (AvgIpc) is 3.26. The Bertz CT molecular complexity index is 924. The first-order valence-corrected chi connectivity index (χ1v) is 10.3. The van der Waals surface area contributed by atoms with Crippen molar-refractivity contribution in [3.63, 3.8) is 0 Å². The summed E-state index contributed by atoms with van der Waals surface area (Å²) in [6, 6.07) is 16.4. The van der Waals surface area contributed by atoms with Crippen LogP contribution in [0.15, 0.2) is 60.1 Å². The molecule has 1 fully saturated rings. The molecule has 0 spiro atoms. The number of anilines is 1. The van der Waals surface area contributed by atoms with Crippen molar-refractivity contribution >= 4 is 34.4 Å². The van der Waals surface area contributed by atoms with Crippen LogP contribution in [-0.4, -0.2) is 16.7 Å². The maximum absolute atomic E-state index is 5.74. The number of ether oxygens (including phenoxy) is 1. The number of hydrogen-bond donors (Lipinski definition) is 1. The van der Waals surface area contributed by atoms with Gasteiger partial charge in [0.2, 0.25) is 0 Å². The maximum Gasteiger partial charge on any atom is 0.174 e. The monoisotopic (exact) mass is 395 g/mol. The van der Waals surface area contributed by atoms with Crippen LogP contribution in [0.3, 0.4) is 0 Å². The SMILES string of the molecule is CCOc1ccc(N2C(=S)NC(c3ccccn3)C2c2sccc2C)cc1. The van der Waals surface area contributed by atoms with Crippen LogP contribution >= 0.6 is 23.6 Å². The van der Waals surface area contributed by atoms with E-state index in [1.165, 1.54) is 10.4 Å². The lowest BCUT2D eigenvalue weighted by atomic mass is 10.0. The predicted octanol–water partition coefficient (Wildman–Crippen LogP) is 5.03. The van der Waals surface area contributed by atoms with Gasteiger partial charge in [0.1, 0.15) is 5.75 Å². The fourth-order valence-electron chi connectivity index (χ4n) is 3.46. The Morgan fingerprint density at radius 1 is 1.19 bits per heavy atom. The molecule has 6 heteroatoms. The van der Waals surface area contributed by atoms with Crippen LogP contribution in [0.1, 0.15) is 35.1 Å². The number of thiocarbonyl (C=S) groups is 1. The van der Waals surface area contributed by atoms with Gasteiger partial charge < -0.3 is 15.0 Å². The first-order chi connectivity index (χ1) is 13.2. The van der Waals surface area contributed by atoms with E-state index in [0.29, 0.717) is 11.7 Å². The van der Waals surface area contributed by atoms with E-state index in [9.17, 15) is 0 Å². The largest absolute Gasteiger partial charge is 0.494 e. The Hall–Kier alpha value is -2.44. The summed E-state index contributed by atoms with van der Waals surface area (Å²) in [5.74, 6) is 0.865. The number of hydrogen-bond acceptors (Lipinski definition) is 4. The van der Waals surface area contributed by atoms with Crippen LogP contribution in [0.5, 0.6) is 5.75 Å². The summed E-state index contributed by atoms with van der Waals surface area (Å²) in [5, 5.41) is 6.35. The topological polar surface area (TPSA) is 37.4 Å². The number of nitrogens with one attached hydrogen (secondary N) is 1. The van der Waals surface area contributed by atoms with E-state index in [1.807, 2.05) is 37.4 Å². The lowest BCUT2D eigenvalue weighted by Crippen LogP contribution is -2.29. The molecule has 0 saturated carbocycles. The van der Waals surface area contributed by atoms with Crippen molar-refractivity contribution in [2.75, 3.05) is 11.5 Å². The normalized spacial score (nSPS) is 19.2. The van der Waals surface area contributed by atoms with Crippen molar-refractivity contribution in [2.24, 2.45) is 0 Å². The maximum atomic E-state index is 5.74. The quantitative estimate of drug-likeness (QED) is 0.614. The van der Waals surface area contributed by atoms with E-state index in [1.54, 1.807) is 11.3 Å². The van der Waals surface area contributed by atoms with Crippen LogP contribution in [0.2, 0.25) is 0 Å². The Morgan fingerprint density at radius 2 is 2.00 bits per heavy atom. The summed E-state index contributed by atoms with van der Waals surface area (Å²) in [5.41, 5.74) is 3.31. The molecule has 0 amide bonds. The number of aromatic nitrogens is 1. The van der Waals surface area contributed by atoms with Gasteiger partial charge in [-0.25, -0.2) is 0 Å². The van der Waals surface area contributed by atoms with Gasteiger partial charge in [-0.2, -0.15) is 0 Å². The molecule has 1 aromatic carbocycles. The Balaban J connectivity index is 1.77. The van der Waals surface area contributed by atoms with Crippen molar-refractivity contribution in [3.8, 4) is 5.75 Å². The number of benzene rings is 1. The van der Waals surface area contributed by atoms with Gasteiger partial charge in [0, 0.05) is 16.8 Å². The van der Waals surface area contributed by atoms with Gasteiger partial charge >= 0.3 is 0 Å². The predicted molar refractivity (Wildman–Crippen MR) is 115 cm³/mol. The lowest BCUT2D eigenvalue weighted by molar-refractivity contribution is 0.340. The van der Waals surface area contributed by atoms with E-state index in [0.717, 1.165) is 17.1 Å². The zero-order chi connectivity index (χ0) is 18.8. The third-order valence-corrected chi connectivity index (χ3v) is 6.10. The van der Waals surface area contributed by atoms with Crippen LogP contribution in [0.4, 0.5) is 5.69 Å². The molecule has 1 saturated heterocycles. The van der Waals surface area contributed by atoms with Crippen LogP contribution in [0, 0.1) is 6.92 Å². The average molecular weight is 396 g/mol. The highest BCUT2D eigenvalue weighted by Crippen LogP contribution is 2.44. The number of aryl methyl sites for hydroxylation is 1. The number of thiophene rings is 1. The molecule has 138 valence electrons. The number of pyridine rings is 1. The van der Waals surface area contributed by atoms with E-state index >= 15 is 0 Å². The minimum atomic E-state index is 0.00242. The number of nitrogens with zero attached hydrogens (tertiary/aromatic N) is 2. The Kier molecular flexibility index (Phi) is 5.09. The third-order valence-electron chi connectivity index (χ3n) is 4.69. The fraction of sp³-hybridized carbons (Fsp3) is 0.238. The second-order valence-electron chi connectivity index (χ2n) is 6.39. The van der Waals surface area contributed by atoms with Crippen LogP contribution < -0.4 is 15.0 Å². The molecule has 4 nitrogen and oxygen atoms in total. The summed E-state index contributed by atoms with van der Waals surface area (Å²) in [6.45, 7) is 4.79. The molecular weight excluding hydrogens is 374 g/mol. The zero-order valence-electron chi connectivity index (χ0n) is 15.3. The second-order valence-corrected chi connectivity index (χ2v) is 7.73. The molecule has 3 aromatic rings. The van der Waals surface area contributed by atoms with Crippen molar-refractivity contribution in [3.05, 3.63) is 76.2 Å². The lowest BCUT2D eigenvalue weighted by Gasteiger charge is -2.27. The highest BCUT2D eigenvalue weighted by molar-refractivity contribution is 7.80. The van der Waals surface area contributed by atoms with Gasteiger partial charge in [0.25, 0.3) is 0 Å². The molecule has 2 aromatic heterocycles. The summed E-state index contributed by atoms with van der Waals surface area (Å²) in [4.78, 5) is 8.08. The van der Waals surface area contributed by atoms with Gasteiger partial charge in [0.05, 0.1) is 24.4 Å². The van der Waals surface area contributed by atoms with Gasteiger partial charge in [-0.1, -0.05) is 6.07 Å². The zero-order valence-corrected chi connectivity index (χ0v) is 16.9. The highest BCUT2D eigenvalue weighted by atomic mass is 32.1. The van der Waals surface area contributed by atoms with Gasteiger partial charge in [0.15, 0.2) is 5.11 Å². The Labute approximate surface area is 168 Å². The van der Waals surface area contributed by atoms with Gasteiger partial charge in [-0.3, -0.25) is 4.98 Å². The van der Waals surface area contributed by atoms with Crippen molar-refractivity contribution < 1.29 is 4.74 Å². The Morgan fingerprint density at radius 3 is 2.63 bits per heavy atom. The smallest absolute Gasteiger partial charge is 0.174 e. The van der Waals surface area contributed by atoms with Gasteiger partial charge in [-0.15, -0.1) is 11.3 Å². The third kappa shape index (κ3) is 3.42. The van der Waals surface area contributed by atoms with Crippen LogP contribution in [-0.2, 0) is 0 Å². The van der Waals surface area contributed by atoms with E-state index < -0.39 is 0 Å². The number of rotatable bonds is 5. The molecule has 1 aliphatic heterocycles. The molecule has 27 heavy (non-hydrogen) atoms. The molecule has 4 rings (SSSR count). The molecule has 0 bridgehead atoms.